The molecule has 9 heteroatoms. The summed E-state index contributed by atoms with van der Waals surface area (Å²) in [6.07, 6.45) is 2.22. The van der Waals surface area contributed by atoms with Crippen LogP contribution in [0.1, 0.15) is 35.5 Å². The molecule has 182 valence electrons. The second kappa shape index (κ2) is 12.5. The fourth-order valence-electron chi connectivity index (χ4n) is 3.26. The van der Waals surface area contributed by atoms with E-state index in [1.807, 2.05) is 45.9 Å². The Bertz CT molecular complexity index is 1230. The monoisotopic (exact) mass is 492 g/mol. The fourth-order valence-corrected chi connectivity index (χ4v) is 3.93. The molecule has 0 spiro atoms. The maximum absolute atomic E-state index is 12.5. The van der Waals surface area contributed by atoms with Gasteiger partial charge < -0.3 is 14.2 Å². The molecule has 0 unspecified atom stereocenters. The zero-order chi connectivity index (χ0) is 25.2. The van der Waals surface area contributed by atoms with E-state index in [1.54, 1.807) is 18.2 Å². The zero-order valence-corrected chi connectivity index (χ0v) is 21.1. The van der Waals surface area contributed by atoms with Gasteiger partial charge in [0.15, 0.2) is 11.5 Å². The molecule has 0 saturated carbocycles. The number of aryl methyl sites for hydroxylation is 3. The number of hydrogen-bond donors (Lipinski definition) is 1. The maximum Gasteiger partial charge on any atom is 0.268 e. The van der Waals surface area contributed by atoms with Crippen molar-refractivity contribution >= 4 is 28.5 Å². The molecule has 3 aromatic rings. The van der Waals surface area contributed by atoms with Crippen molar-refractivity contribution in [3.8, 4) is 23.3 Å². The average molecular weight is 493 g/mol. The van der Waals surface area contributed by atoms with Crippen LogP contribution in [-0.4, -0.2) is 35.9 Å². The second-order valence-corrected chi connectivity index (χ2v) is 8.70. The molecule has 1 N–H and O–H groups in total. The summed E-state index contributed by atoms with van der Waals surface area (Å²) < 4.78 is 17.4. The average Bonchev–Trinajstić information content (AvgIpc) is 3.28. The van der Waals surface area contributed by atoms with Crippen LogP contribution in [0.5, 0.6) is 17.2 Å². The normalized spacial score (nSPS) is 11.0. The molecule has 0 aliphatic heterocycles. The van der Waals surface area contributed by atoms with E-state index in [4.69, 9.17) is 14.2 Å². The fraction of sp³-hybridized carbons (Fsp3) is 0.308. The van der Waals surface area contributed by atoms with Gasteiger partial charge in [-0.15, -0.1) is 10.2 Å². The van der Waals surface area contributed by atoms with Crippen molar-refractivity contribution in [2.45, 2.75) is 34.1 Å². The first-order chi connectivity index (χ1) is 16.9. The van der Waals surface area contributed by atoms with Gasteiger partial charge in [-0.05, 0) is 74.2 Å². The van der Waals surface area contributed by atoms with Crippen molar-refractivity contribution in [2.75, 3.05) is 25.1 Å². The van der Waals surface area contributed by atoms with E-state index in [2.05, 4.69) is 21.6 Å². The van der Waals surface area contributed by atoms with Crippen LogP contribution in [0.3, 0.4) is 0 Å². The number of nitrogens with zero attached hydrogens (tertiary/aromatic N) is 3. The zero-order valence-electron chi connectivity index (χ0n) is 20.3. The molecule has 0 aliphatic rings. The predicted octanol–water partition coefficient (Wildman–Crippen LogP) is 5.12. The highest BCUT2D eigenvalue weighted by Gasteiger charge is 2.14. The number of ether oxygens (including phenoxy) is 3. The van der Waals surface area contributed by atoms with Gasteiger partial charge in [0.1, 0.15) is 35.6 Å². The summed E-state index contributed by atoms with van der Waals surface area (Å²) in [5.74, 6) is 1.32. The van der Waals surface area contributed by atoms with Crippen LogP contribution in [-0.2, 0) is 11.2 Å². The number of benzene rings is 2. The Morgan fingerprint density at radius 1 is 1.03 bits per heavy atom. The number of carbonyl (C=O) groups is 1. The van der Waals surface area contributed by atoms with Gasteiger partial charge in [-0.25, -0.2) is 0 Å². The summed E-state index contributed by atoms with van der Waals surface area (Å²) in [7, 11) is 0. The minimum atomic E-state index is -0.548. The first-order valence-electron chi connectivity index (χ1n) is 11.3. The first kappa shape index (κ1) is 25.7. The molecule has 0 bridgehead atoms. The summed E-state index contributed by atoms with van der Waals surface area (Å²) in [5.41, 5.74) is 2.85. The van der Waals surface area contributed by atoms with Crippen molar-refractivity contribution in [2.24, 2.45) is 0 Å². The molecule has 0 atom stereocenters. The Balaban J connectivity index is 1.66. The SMILES string of the molecule is CCOc1cc(C=C(C#N)C(=O)Nc2nnc(CC)s2)ccc1OCCOc1cc(C)cc(C)c1. The van der Waals surface area contributed by atoms with Gasteiger partial charge in [0.05, 0.1) is 6.61 Å². The highest BCUT2D eigenvalue weighted by atomic mass is 32.1. The Morgan fingerprint density at radius 3 is 2.43 bits per heavy atom. The lowest BCUT2D eigenvalue weighted by molar-refractivity contribution is -0.112. The molecule has 0 fully saturated rings. The molecule has 0 aliphatic carbocycles. The first-order valence-corrected chi connectivity index (χ1v) is 12.1. The lowest BCUT2D eigenvalue weighted by Gasteiger charge is -2.13. The van der Waals surface area contributed by atoms with E-state index < -0.39 is 5.91 Å². The highest BCUT2D eigenvalue weighted by Crippen LogP contribution is 2.29. The molecule has 1 amide bonds. The number of hydrogen-bond acceptors (Lipinski definition) is 8. The number of aromatic nitrogens is 2. The van der Waals surface area contributed by atoms with Crippen LogP contribution in [0, 0.1) is 25.2 Å². The van der Waals surface area contributed by atoms with Gasteiger partial charge in [-0.1, -0.05) is 30.4 Å². The number of amides is 1. The van der Waals surface area contributed by atoms with Crippen molar-refractivity contribution in [1.82, 2.24) is 10.2 Å². The number of nitrogens with one attached hydrogen (secondary N) is 1. The van der Waals surface area contributed by atoms with Crippen LogP contribution < -0.4 is 19.5 Å². The molecule has 0 saturated heterocycles. The Morgan fingerprint density at radius 2 is 1.77 bits per heavy atom. The Labute approximate surface area is 209 Å². The van der Waals surface area contributed by atoms with Crippen molar-refractivity contribution in [1.29, 1.82) is 5.26 Å². The van der Waals surface area contributed by atoms with Gasteiger partial charge >= 0.3 is 0 Å². The number of rotatable bonds is 11. The number of anilines is 1. The van der Waals surface area contributed by atoms with Gasteiger partial charge in [0.2, 0.25) is 5.13 Å². The highest BCUT2D eigenvalue weighted by molar-refractivity contribution is 7.15. The van der Waals surface area contributed by atoms with Crippen LogP contribution in [0.4, 0.5) is 5.13 Å². The molecular weight excluding hydrogens is 464 g/mol. The third-order valence-electron chi connectivity index (χ3n) is 4.74. The third kappa shape index (κ3) is 7.55. The lowest BCUT2D eigenvalue weighted by Crippen LogP contribution is -2.13. The summed E-state index contributed by atoms with van der Waals surface area (Å²) in [6.45, 7) is 9.02. The summed E-state index contributed by atoms with van der Waals surface area (Å²) in [5, 5.41) is 21.2. The summed E-state index contributed by atoms with van der Waals surface area (Å²) >= 11 is 1.28. The number of nitriles is 1. The second-order valence-electron chi connectivity index (χ2n) is 7.64. The van der Waals surface area contributed by atoms with E-state index in [0.29, 0.717) is 42.0 Å². The molecule has 1 heterocycles. The van der Waals surface area contributed by atoms with Gasteiger partial charge in [0, 0.05) is 0 Å². The third-order valence-corrected chi connectivity index (χ3v) is 5.72. The topological polar surface area (TPSA) is 106 Å². The van der Waals surface area contributed by atoms with E-state index in [-0.39, 0.29) is 5.57 Å². The van der Waals surface area contributed by atoms with E-state index >= 15 is 0 Å². The molecular formula is C26H28N4O4S. The predicted molar refractivity (Wildman–Crippen MR) is 136 cm³/mol. The van der Waals surface area contributed by atoms with Crippen LogP contribution in [0.15, 0.2) is 42.0 Å². The standard InChI is InChI=1S/C26H28N4O4S/c1-5-24-29-30-26(35-24)28-25(31)20(16-27)14-19-7-8-22(23(15-19)32-6-2)34-10-9-33-21-12-17(3)11-18(4)13-21/h7-8,11-15H,5-6,9-10H2,1-4H3,(H,28,30,31). The van der Waals surface area contributed by atoms with Gasteiger partial charge in [0.25, 0.3) is 5.91 Å². The maximum atomic E-state index is 12.5. The van der Waals surface area contributed by atoms with E-state index in [0.717, 1.165) is 28.3 Å². The van der Waals surface area contributed by atoms with Crippen molar-refractivity contribution in [3.63, 3.8) is 0 Å². The Kier molecular flexibility index (Phi) is 9.21. The largest absolute Gasteiger partial charge is 0.490 e. The van der Waals surface area contributed by atoms with Crippen molar-refractivity contribution < 1.29 is 19.0 Å². The van der Waals surface area contributed by atoms with E-state index in [9.17, 15) is 10.1 Å². The van der Waals surface area contributed by atoms with E-state index in [1.165, 1.54) is 17.4 Å². The summed E-state index contributed by atoms with van der Waals surface area (Å²) in [6, 6.07) is 13.2. The van der Waals surface area contributed by atoms with Crippen LogP contribution in [0.2, 0.25) is 0 Å². The Hall–Kier alpha value is -3.90. The molecule has 2 aromatic carbocycles. The number of carbonyl (C=O) groups excluding carboxylic acids is 1. The molecule has 8 nitrogen and oxygen atoms in total. The minimum absolute atomic E-state index is 0.0591. The lowest BCUT2D eigenvalue weighted by atomic mass is 10.1. The molecule has 1 aromatic heterocycles. The van der Waals surface area contributed by atoms with Crippen LogP contribution >= 0.6 is 11.3 Å². The van der Waals surface area contributed by atoms with Gasteiger partial charge in [-0.3, -0.25) is 10.1 Å². The van der Waals surface area contributed by atoms with Gasteiger partial charge in [-0.2, -0.15) is 5.26 Å². The smallest absolute Gasteiger partial charge is 0.268 e. The molecule has 0 radical (unpaired) electrons. The quantitative estimate of drug-likeness (QED) is 0.225. The summed E-state index contributed by atoms with van der Waals surface area (Å²) in [4.78, 5) is 12.5. The van der Waals surface area contributed by atoms with Crippen LogP contribution in [0.25, 0.3) is 6.08 Å². The minimum Gasteiger partial charge on any atom is -0.490 e. The van der Waals surface area contributed by atoms with Crippen molar-refractivity contribution in [3.05, 3.63) is 63.7 Å². The molecule has 3 rings (SSSR count). The molecule has 35 heavy (non-hydrogen) atoms.